The van der Waals surface area contributed by atoms with E-state index in [0.29, 0.717) is 5.95 Å². The maximum Gasteiger partial charge on any atom is 0.207 e. The van der Waals surface area contributed by atoms with Crippen LogP contribution in [0.3, 0.4) is 0 Å². The first-order valence-corrected chi connectivity index (χ1v) is 8.22. The minimum atomic E-state index is 0.508. The molecule has 0 fully saturated rings. The molecule has 0 atom stereocenters. The van der Waals surface area contributed by atoms with Crippen molar-refractivity contribution in [3.05, 3.63) is 30.0 Å². The van der Waals surface area contributed by atoms with Gasteiger partial charge in [-0.25, -0.2) is 9.67 Å². The van der Waals surface area contributed by atoms with Crippen molar-refractivity contribution in [3.63, 3.8) is 0 Å². The van der Waals surface area contributed by atoms with E-state index in [-0.39, 0.29) is 0 Å². The quantitative estimate of drug-likeness (QED) is 0.752. The average molecular weight is 301 g/mol. The van der Waals surface area contributed by atoms with Gasteiger partial charge in [-0.15, -0.1) is 11.8 Å². The maximum absolute atomic E-state index is 6.16. The van der Waals surface area contributed by atoms with Gasteiger partial charge in [0.15, 0.2) is 5.65 Å². The molecule has 2 N–H and O–H groups in total. The predicted octanol–water partition coefficient (Wildman–Crippen LogP) is 3.02. The summed E-state index contributed by atoms with van der Waals surface area (Å²) in [5.74, 6) is 0.508. The van der Waals surface area contributed by atoms with Crippen molar-refractivity contribution in [2.24, 2.45) is 7.05 Å². The Balaban J connectivity index is 2.24. The number of aromatic nitrogens is 4. The summed E-state index contributed by atoms with van der Waals surface area (Å²) in [7, 11) is 1.94. The van der Waals surface area contributed by atoms with Gasteiger partial charge < -0.3 is 5.73 Å². The Hall–Kier alpha value is -1.95. The third-order valence-electron chi connectivity index (χ3n) is 3.53. The molecule has 1 aromatic carbocycles. The third-order valence-corrected chi connectivity index (χ3v) is 4.25. The van der Waals surface area contributed by atoms with Gasteiger partial charge in [-0.1, -0.05) is 19.4 Å². The zero-order valence-electron chi connectivity index (χ0n) is 12.5. The summed E-state index contributed by atoms with van der Waals surface area (Å²) < 4.78 is 3.84. The molecule has 2 aromatic heterocycles. The zero-order chi connectivity index (χ0) is 15.0. The lowest BCUT2D eigenvalue weighted by Crippen LogP contribution is -2.05. The number of rotatable bonds is 4. The van der Waals surface area contributed by atoms with Crippen LogP contribution in [-0.2, 0) is 13.5 Å². The molecule has 0 saturated carbocycles. The molecular weight excluding hydrogens is 282 g/mol. The number of nitrogen functional groups attached to an aromatic ring is 1. The summed E-state index contributed by atoms with van der Waals surface area (Å²) in [5.41, 5.74) is 10.1. The smallest absolute Gasteiger partial charge is 0.207 e. The molecule has 5 nitrogen and oxygen atoms in total. The first-order chi connectivity index (χ1) is 10.2. The van der Waals surface area contributed by atoms with E-state index in [1.54, 1.807) is 11.8 Å². The van der Waals surface area contributed by atoms with Crippen LogP contribution in [0.15, 0.2) is 29.2 Å². The van der Waals surface area contributed by atoms with E-state index in [9.17, 15) is 0 Å². The van der Waals surface area contributed by atoms with Crippen LogP contribution in [0, 0.1) is 0 Å². The Morgan fingerprint density at radius 1 is 1.33 bits per heavy atom. The highest BCUT2D eigenvalue weighted by Gasteiger charge is 2.18. The standard InChI is InChI=1S/C15H19N5S/c1-4-6-12-13-14(19(2)18-12)20(15(16)17-13)10-7-5-8-11(9-10)21-3/h5,7-9H,4,6H2,1-3H3,(H2,16,17). The lowest BCUT2D eigenvalue weighted by molar-refractivity contribution is 0.737. The molecule has 0 amide bonds. The minimum absolute atomic E-state index is 0.508. The number of imidazole rings is 1. The zero-order valence-corrected chi connectivity index (χ0v) is 13.3. The van der Waals surface area contributed by atoms with Crippen LogP contribution >= 0.6 is 11.8 Å². The van der Waals surface area contributed by atoms with Gasteiger partial charge in [0.1, 0.15) is 5.52 Å². The molecule has 0 aliphatic rings. The van der Waals surface area contributed by atoms with E-state index < -0.39 is 0 Å². The van der Waals surface area contributed by atoms with E-state index in [2.05, 4.69) is 35.4 Å². The fourth-order valence-corrected chi connectivity index (χ4v) is 3.06. The SMILES string of the molecule is CCCc1nn(C)c2c1nc(N)n2-c1cccc(SC)c1. The van der Waals surface area contributed by atoms with Crippen molar-refractivity contribution in [2.75, 3.05) is 12.0 Å². The van der Waals surface area contributed by atoms with E-state index in [0.717, 1.165) is 35.4 Å². The molecule has 0 aliphatic heterocycles. The van der Waals surface area contributed by atoms with Crippen LogP contribution in [0.1, 0.15) is 19.0 Å². The van der Waals surface area contributed by atoms with E-state index >= 15 is 0 Å². The van der Waals surface area contributed by atoms with Gasteiger partial charge in [0, 0.05) is 11.9 Å². The first kappa shape index (κ1) is 14.0. The van der Waals surface area contributed by atoms with Gasteiger partial charge in [-0.05, 0) is 30.9 Å². The third kappa shape index (κ3) is 2.29. The molecule has 0 radical (unpaired) electrons. The van der Waals surface area contributed by atoms with Crippen LogP contribution in [0.4, 0.5) is 5.95 Å². The molecule has 110 valence electrons. The second kappa shape index (κ2) is 5.44. The van der Waals surface area contributed by atoms with Crippen LogP contribution in [0.25, 0.3) is 16.9 Å². The highest BCUT2D eigenvalue weighted by molar-refractivity contribution is 7.98. The van der Waals surface area contributed by atoms with Crippen molar-refractivity contribution in [2.45, 2.75) is 24.7 Å². The number of aryl methyl sites for hydroxylation is 2. The predicted molar refractivity (Wildman–Crippen MR) is 88.0 cm³/mol. The molecule has 2 heterocycles. The Bertz CT molecular complexity index is 787. The Morgan fingerprint density at radius 2 is 2.14 bits per heavy atom. The molecule has 6 heteroatoms. The highest BCUT2D eigenvalue weighted by Crippen LogP contribution is 2.27. The summed E-state index contributed by atoms with van der Waals surface area (Å²) in [4.78, 5) is 5.73. The van der Waals surface area contributed by atoms with E-state index in [1.807, 2.05) is 28.4 Å². The summed E-state index contributed by atoms with van der Waals surface area (Å²) in [6.07, 6.45) is 4.02. The number of benzene rings is 1. The van der Waals surface area contributed by atoms with Crippen LogP contribution < -0.4 is 5.73 Å². The molecule has 0 bridgehead atoms. The number of nitrogens with zero attached hydrogens (tertiary/aromatic N) is 4. The van der Waals surface area contributed by atoms with Crippen molar-refractivity contribution in [1.29, 1.82) is 0 Å². The van der Waals surface area contributed by atoms with Gasteiger partial charge in [-0.2, -0.15) is 5.10 Å². The molecule has 21 heavy (non-hydrogen) atoms. The van der Waals surface area contributed by atoms with Crippen LogP contribution in [0.2, 0.25) is 0 Å². The topological polar surface area (TPSA) is 61.7 Å². The molecule has 0 spiro atoms. The average Bonchev–Trinajstić information content (AvgIpc) is 2.97. The lowest BCUT2D eigenvalue weighted by Gasteiger charge is -2.08. The molecule has 0 aliphatic carbocycles. The summed E-state index contributed by atoms with van der Waals surface area (Å²) in [5, 5.41) is 4.58. The van der Waals surface area contributed by atoms with Gasteiger partial charge in [-0.3, -0.25) is 4.57 Å². The molecule has 3 rings (SSSR count). The van der Waals surface area contributed by atoms with Gasteiger partial charge in [0.2, 0.25) is 5.95 Å². The Morgan fingerprint density at radius 3 is 2.86 bits per heavy atom. The molecule has 0 unspecified atom stereocenters. The first-order valence-electron chi connectivity index (χ1n) is 7.00. The van der Waals surface area contributed by atoms with Crippen LogP contribution in [0.5, 0.6) is 0 Å². The normalized spacial score (nSPS) is 11.4. The number of fused-ring (bicyclic) bond motifs is 1. The fraction of sp³-hybridized carbons (Fsp3) is 0.333. The summed E-state index contributed by atoms with van der Waals surface area (Å²) >= 11 is 1.71. The molecule has 0 saturated heterocycles. The monoisotopic (exact) mass is 301 g/mol. The van der Waals surface area contributed by atoms with Crippen molar-refractivity contribution >= 4 is 28.9 Å². The number of hydrogen-bond donors (Lipinski definition) is 1. The van der Waals surface area contributed by atoms with Crippen molar-refractivity contribution in [1.82, 2.24) is 19.3 Å². The summed E-state index contributed by atoms with van der Waals surface area (Å²) in [6, 6.07) is 8.29. The lowest BCUT2D eigenvalue weighted by atomic mass is 10.2. The summed E-state index contributed by atoms with van der Waals surface area (Å²) in [6.45, 7) is 2.14. The highest BCUT2D eigenvalue weighted by atomic mass is 32.2. The van der Waals surface area contributed by atoms with E-state index in [4.69, 9.17) is 5.73 Å². The van der Waals surface area contributed by atoms with Crippen molar-refractivity contribution < 1.29 is 0 Å². The Labute approximate surface area is 128 Å². The number of thioether (sulfide) groups is 1. The largest absolute Gasteiger partial charge is 0.369 e. The van der Waals surface area contributed by atoms with Gasteiger partial charge in [0.05, 0.1) is 11.4 Å². The maximum atomic E-state index is 6.16. The van der Waals surface area contributed by atoms with E-state index in [1.165, 1.54) is 4.90 Å². The number of nitrogens with two attached hydrogens (primary N) is 1. The number of hydrogen-bond acceptors (Lipinski definition) is 4. The number of anilines is 1. The minimum Gasteiger partial charge on any atom is -0.369 e. The Kier molecular flexibility index (Phi) is 3.63. The molecule has 3 aromatic rings. The van der Waals surface area contributed by atoms with Crippen molar-refractivity contribution in [3.8, 4) is 5.69 Å². The fourth-order valence-electron chi connectivity index (χ4n) is 2.61. The van der Waals surface area contributed by atoms with Gasteiger partial charge >= 0.3 is 0 Å². The second-order valence-corrected chi connectivity index (χ2v) is 5.88. The second-order valence-electron chi connectivity index (χ2n) is 5.00. The van der Waals surface area contributed by atoms with Gasteiger partial charge in [0.25, 0.3) is 0 Å². The van der Waals surface area contributed by atoms with Crippen LogP contribution in [-0.4, -0.2) is 25.6 Å². The molecular formula is C15H19N5S.